The smallest absolute Gasteiger partial charge is 0.0518 e. The van der Waals surface area contributed by atoms with Gasteiger partial charge in [-0.15, -0.1) is 11.6 Å². The molecular formula is C18H35Cl. The number of unbranched alkanes of at least 4 members (excludes halogenated alkanes) is 6. The Bertz CT molecular complexity index is 218. The molecule has 0 aliphatic carbocycles. The molecule has 1 atom stereocenters. The van der Waals surface area contributed by atoms with Crippen LogP contribution in [-0.2, 0) is 0 Å². The van der Waals surface area contributed by atoms with Gasteiger partial charge >= 0.3 is 0 Å². The molecule has 1 heteroatoms. The van der Waals surface area contributed by atoms with Crippen molar-refractivity contribution in [2.24, 2.45) is 11.8 Å². The van der Waals surface area contributed by atoms with Crippen LogP contribution in [0.25, 0.3) is 0 Å². The van der Waals surface area contributed by atoms with Crippen LogP contribution >= 0.6 is 11.6 Å². The SMILES string of the molecule is CCCCCCCCCC(Cl)C=C(C(C)C)C(C)C. The van der Waals surface area contributed by atoms with Gasteiger partial charge in [0.1, 0.15) is 0 Å². The van der Waals surface area contributed by atoms with Crippen molar-refractivity contribution in [2.75, 3.05) is 0 Å². The van der Waals surface area contributed by atoms with Gasteiger partial charge in [-0.25, -0.2) is 0 Å². The first-order valence-corrected chi connectivity index (χ1v) is 8.78. The zero-order valence-electron chi connectivity index (χ0n) is 13.8. The molecule has 0 radical (unpaired) electrons. The molecule has 0 aromatic carbocycles. The second-order valence-corrected chi connectivity index (χ2v) is 6.96. The fourth-order valence-electron chi connectivity index (χ4n) is 2.64. The zero-order valence-corrected chi connectivity index (χ0v) is 14.6. The second kappa shape index (κ2) is 11.8. The summed E-state index contributed by atoms with van der Waals surface area (Å²) in [7, 11) is 0. The van der Waals surface area contributed by atoms with E-state index in [4.69, 9.17) is 11.6 Å². The van der Waals surface area contributed by atoms with E-state index in [1.807, 2.05) is 0 Å². The Hall–Kier alpha value is 0.0300. The van der Waals surface area contributed by atoms with Gasteiger partial charge in [0.15, 0.2) is 0 Å². The summed E-state index contributed by atoms with van der Waals surface area (Å²) in [6.45, 7) is 11.3. The first kappa shape index (κ1) is 19.0. The normalized spacial score (nSPS) is 13.1. The molecule has 0 amide bonds. The van der Waals surface area contributed by atoms with Gasteiger partial charge in [0.05, 0.1) is 5.38 Å². The Morgan fingerprint density at radius 1 is 0.842 bits per heavy atom. The molecule has 0 saturated heterocycles. The molecule has 0 aliphatic heterocycles. The number of halogens is 1. The Kier molecular flexibility index (Phi) is 11.8. The molecule has 114 valence electrons. The minimum absolute atomic E-state index is 0.232. The van der Waals surface area contributed by atoms with E-state index >= 15 is 0 Å². The molecule has 0 bridgehead atoms. The molecule has 0 aliphatic rings. The van der Waals surface area contributed by atoms with Gasteiger partial charge in [-0.3, -0.25) is 0 Å². The fraction of sp³-hybridized carbons (Fsp3) is 0.889. The van der Waals surface area contributed by atoms with Gasteiger partial charge in [-0.05, 0) is 18.3 Å². The minimum atomic E-state index is 0.232. The van der Waals surface area contributed by atoms with Crippen molar-refractivity contribution < 1.29 is 0 Å². The maximum Gasteiger partial charge on any atom is 0.0518 e. The van der Waals surface area contributed by atoms with Crippen LogP contribution in [0.4, 0.5) is 0 Å². The second-order valence-electron chi connectivity index (χ2n) is 6.40. The third kappa shape index (κ3) is 10.5. The van der Waals surface area contributed by atoms with Crippen LogP contribution in [0.2, 0.25) is 0 Å². The fourth-order valence-corrected chi connectivity index (χ4v) is 2.94. The summed E-state index contributed by atoms with van der Waals surface area (Å²) in [5.41, 5.74) is 1.52. The summed E-state index contributed by atoms with van der Waals surface area (Å²) in [6, 6.07) is 0. The Morgan fingerprint density at radius 3 is 1.79 bits per heavy atom. The molecule has 0 nitrogen and oxygen atoms in total. The highest BCUT2D eigenvalue weighted by Crippen LogP contribution is 2.23. The zero-order chi connectivity index (χ0) is 14.7. The lowest BCUT2D eigenvalue weighted by molar-refractivity contribution is 0.574. The monoisotopic (exact) mass is 286 g/mol. The van der Waals surface area contributed by atoms with E-state index in [1.54, 1.807) is 0 Å². The molecule has 0 spiro atoms. The molecule has 1 unspecified atom stereocenters. The van der Waals surface area contributed by atoms with Crippen LogP contribution in [0.1, 0.15) is 86.0 Å². The van der Waals surface area contributed by atoms with Crippen molar-refractivity contribution in [1.82, 2.24) is 0 Å². The maximum absolute atomic E-state index is 6.45. The van der Waals surface area contributed by atoms with Crippen LogP contribution in [0.15, 0.2) is 11.6 Å². The van der Waals surface area contributed by atoms with Gasteiger partial charge in [0.2, 0.25) is 0 Å². The lowest BCUT2D eigenvalue weighted by atomic mass is 9.91. The number of allylic oxidation sites excluding steroid dienone is 2. The third-order valence-corrected chi connectivity index (χ3v) is 4.13. The summed E-state index contributed by atoms with van der Waals surface area (Å²) in [5.74, 6) is 1.24. The summed E-state index contributed by atoms with van der Waals surface area (Å²) >= 11 is 6.45. The summed E-state index contributed by atoms with van der Waals surface area (Å²) in [6.07, 6.45) is 13.0. The molecule has 0 saturated carbocycles. The molecule has 0 N–H and O–H groups in total. The Balaban J connectivity index is 3.79. The lowest BCUT2D eigenvalue weighted by Gasteiger charge is -2.17. The molecule has 19 heavy (non-hydrogen) atoms. The van der Waals surface area contributed by atoms with Crippen LogP contribution < -0.4 is 0 Å². The van der Waals surface area contributed by atoms with Crippen molar-refractivity contribution in [3.63, 3.8) is 0 Å². The van der Waals surface area contributed by atoms with Gasteiger partial charge in [0, 0.05) is 0 Å². The van der Waals surface area contributed by atoms with E-state index in [0.29, 0.717) is 11.8 Å². The van der Waals surface area contributed by atoms with Crippen molar-refractivity contribution in [3.8, 4) is 0 Å². The van der Waals surface area contributed by atoms with Gasteiger partial charge in [-0.1, -0.05) is 91.2 Å². The van der Waals surface area contributed by atoms with Crippen molar-refractivity contribution in [3.05, 3.63) is 11.6 Å². The quantitative estimate of drug-likeness (QED) is 0.218. The average Bonchev–Trinajstić information content (AvgIpc) is 2.34. The first-order chi connectivity index (χ1) is 8.99. The van der Waals surface area contributed by atoms with Gasteiger partial charge in [0.25, 0.3) is 0 Å². The van der Waals surface area contributed by atoms with Gasteiger partial charge < -0.3 is 0 Å². The molecular weight excluding hydrogens is 252 g/mol. The Morgan fingerprint density at radius 2 is 1.32 bits per heavy atom. The van der Waals surface area contributed by atoms with E-state index in [9.17, 15) is 0 Å². The standard InChI is InChI=1S/C18H35Cl/c1-6-7-8-9-10-11-12-13-17(19)14-18(15(2)3)16(4)5/h14-17H,6-13H2,1-5H3. The number of hydrogen-bond donors (Lipinski definition) is 0. The van der Waals surface area contributed by atoms with Crippen LogP contribution in [0, 0.1) is 11.8 Å². The van der Waals surface area contributed by atoms with Crippen molar-refractivity contribution in [1.29, 1.82) is 0 Å². The third-order valence-electron chi connectivity index (χ3n) is 3.79. The van der Waals surface area contributed by atoms with E-state index < -0.39 is 0 Å². The number of hydrogen-bond acceptors (Lipinski definition) is 0. The number of rotatable bonds is 11. The minimum Gasteiger partial charge on any atom is -0.118 e. The highest BCUT2D eigenvalue weighted by atomic mass is 35.5. The lowest BCUT2D eigenvalue weighted by Crippen LogP contribution is -2.06. The molecule has 0 heterocycles. The molecule has 0 aromatic rings. The molecule has 0 fully saturated rings. The predicted octanol–water partition coefficient (Wildman–Crippen LogP) is 6.97. The van der Waals surface area contributed by atoms with E-state index in [2.05, 4.69) is 40.7 Å². The Labute approximate surface area is 127 Å². The van der Waals surface area contributed by atoms with E-state index in [0.717, 1.165) is 6.42 Å². The largest absolute Gasteiger partial charge is 0.118 e. The highest BCUT2D eigenvalue weighted by molar-refractivity contribution is 6.21. The van der Waals surface area contributed by atoms with E-state index in [-0.39, 0.29) is 5.38 Å². The van der Waals surface area contributed by atoms with Gasteiger partial charge in [-0.2, -0.15) is 0 Å². The van der Waals surface area contributed by atoms with Crippen molar-refractivity contribution in [2.45, 2.75) is 91.4 Å². The first-order valence-electron chi connectivity index (χ1n) is 8.34. The molecule has 0 rings (SSSR count). The summed E-state index contributed by atoms with van der Waals surface area (Å²) in [4.78, 5) is 0. The summed E-state index contributed by atoms with van der Waals surface area (Å²) in [5, 5.41) is 0.232. The van der Waals surface area contributed by atoms with E-state index in [1.165, 1.54) is 50.5 Å². The molecule has 0 aromatic heterocycles. The highest BCUT2D eigenvalue weighted by Gasteiger charge is 2.10. The van der Waals surface area contributed by atoms with Crippen LogP contribution in [-0.4, -0.2) is 5.38 Å². The topological polar surface area (TPSA) is 0 Å². The predicted molar refractivity (Wildman–Crippen MR) is 90.0 cm³/mol. The number of alkyl halides is 1. The van der Waals surface area contributed by atoms with Crippen LogP contribution in [0.3, 0.4) is 0 Å². The van der Waals surface area contributed by atoms with Crippen molar-refractivity contribution >= 4 is 11.6 Å². The maximum atomic E-state index is 6.45. The summed E-state index contributed by atoms with van der Waals surface area (Å²) < 4.78 is 0. The average molecular weight is 287 g/mol. The van der Waals surface area contributed by atoms with Crippen LogP contribution in [0.5, 0.6) is 0 Å².